The van der Waals surface area contributed by atoms with Crippen molar-refractivity contribution in [1.29, 1.82) is 0 Å². The number of hydrogen-bond acceptors (Lipinski definition) is 2. The molecule has 2 heteroatoms. The molecule has 2 N–H and O–H groups in total. The molecule has 0 aliphatic heterocycles. The van der Waals surface area contributed by atoms with Gasteiger partial charge in [-0.15, -0.1) is 12.6 Å². The maximum absolute atomic E-state index is 5.74. The zero-order valence-electron chi connectivity index (χ0n) is 7.75. The third-order valence-electron chi connectivity index (χ3n) is 2.56. The summed E-state index contributed by atoms with van der Waals surface area (Å²) in [6, 6.07) is 0. The van der Waals surface area contributed by atoms with Crippen molar-refractivity contribution >= 4 is 12.6 Å². The summed E-state index contributed by atoms with van der Waals surface area (Å²) in [4.78, 5) is 1.10. The summed E-state index contributed by atoms with van der Waals surface area (Å²) in [6.45, 7) is 4.53. The van der Waals surface area contributed by atoms with Crippen LogP contribution in [-0.4, -0.2) is 0 Å². The van der Waals surface area contributed by atoms with E-state index in [1.807, 2.05) is 6.08 Å². The van der Waals surface area contributed by atoms with Gasteiger partial charge in [0.1, 0.15) is 0 Å². The van der Waals surface area contributed by atoms with Crippen LogP contribution in [-0.2, 0) is 0 Å². The van der Waals surface area contributed by atoms with E-state index in [9.17, 15) is 0 Å². The maximum Gasteiger partial charge on any atom is 0.0281 e. The summed E-state index contributed by atoms with van der Waals surface area (Å²) in [7, 11) is 0. The first-order valence-corrected chi connectivity index (χ1v) is 4.89. The normalized spacial score (nSPS) is 40.2. The van der Waals surface area contributed by atoms with Gasteiger partial charge in [0, 0.05) is 5.70 Å². The van der Waals surface area contributed by atoms with Crippen molar-refractivity contribution in [2.24, 2.45) is 17.6 Å². The van der Waals surface area contributed by atoms with Gasteiger partial charge in [-0.3, -0.25) is 0 Å². The van der Waals surface area contributed by atoms with Crippen LogP contribution < -0.4 is 5.73 Å². The zero-order valence-corrected chi connectivity index (χ0v) is 8.64. The molecular weight excluding hydrogens is 166 g/mol. The molecule has 0 aromatic heterocycles. The number of rotatable bonds is 0. The molecule has 0 amide bonds. The predicted octanol–water partition coefficient (Wildman–Crippen LogP) is 2.71. The lowest BCUT2D eigenvalue weighted by atomic mass is 9.88. The largest absolute Gasteiger partial charge is 0.399 e. The lowest BCUT2D eigenvalue weighted by molar-refractivity contribution is 0.391. The number of nitrogens with two attached hydrogens (primary N) is 1. The molecule has 0 aromatic rings. The van der Waals surface area contributed by atoms with Gasteiger partial charge in [0.05, 0.1) is 0 Å². The van der Waals surface area contributed by atoms with Gasteiger partial charge in [0.15, 0.2) is 0 Å². The quantitative estimate of drug-likeness (QED) is 0.555. The summed E-state index contributed by atoms with van der Waals surface area (Å²) in [5.74, 6) is 1.41. The standard InChI is InChI=1S/C10H17NS/c1-7-3-4-9(11)6-10(12)5-8(7)2/h4,6-8,12H,3,5,11H2,1-2H3/b9-4+,10-6+. The topological polar surface area (TPSA) is 26.0 Å². The molecule has 0 spiro atoms. The van der Waals surface area contributed by atoms with Crippen LogP contribution in [0.4, 0.5) is 0 Å². The number of hydrogen-bond donors (Lipinski definition) is 2. The molecular formula is C10H17NS. The summed E-state index contributed by atoms with van der Waals surface area (Å²) in [5, 5.41) is 0. The molecule has 2 atom stereocenters. The first-order valence-electron chi connectivity index (χ1n) is 4.44. The fraction of sp³-hybridized carbons (Fsp3) is 0.600. The lowest BCUT2D eigenvalue weighted by Crippen LogP contribution is -2.10. The summed E-state index contributed by atoms with van der Waals surface area (Å²) in [6.07, 6.45) is 6.20. The van der Waals surface area contributed by atoms with E-state index >= 15 is 0 Å². The maximum atomic E-state index is 5.74. The van der Waals surface area contributed by atoms with Crippen LogP contribution in [0.5, 0.6) is 0 Å². The van der Waals surface area contributed by atoms with Crippen LogP contribution in [0.3, 0.4) is 0 Å². The lowest BCUT2D eigenvalue weighted by Gasteiger charge is -2.20. The second-order valence-corrected chi connectivity index (χ2v) is 4.31. The van der Waals surface area contributed by atoms with Crippen LogP contribution in [0.2, 0.25) is 0 Å². The van der Waals surface area contributed by atoms with Gasteiger partial charge in [0.2, 0.25) is 0 Å². The second-order valence-electron chi connectivity index (χ2n) is 3.73. The molecule has 0 aromatic carbocycles. The first-order chi connectivity index (χ1) is 5.59. The SMILES string of the molecule is CC1C/C=C(N)\C=C(\S)CC1C. The molecule has 0 radical (unpaired) electrons. The van der Waals surface area contributed by atoms with Gasteiger partial charge >= 0.3 is 0 Å². The van der Waals surface area contributed by atoms with Crippen LogP contribution in [0.15, 0.2) is 22.8 Å². The summed E-state index contributed by atoms with van der Waals surface area (Å²) >= 11 is 4.38. The Hall–Kier alpha value is -0.370. The van der Waals surface area contributed by atoms with Gasteiger partial charge in [-0.25, -0.2) is 0 Å². The minimum Gasteiger partial charge on any atom is -0.399 e. The van der Waals surface area contributed by atoms with Crippen LogP contribution in [0.25, 0.3) is 0 Å². The van der Waals surface area contributed by atoms with Gasteiger partial charge < -0.3 is 5.73 Å². The summed E-state index contributed by atoms with van der Waals surface area (Å²) in [5.41, 5.74) is 6.60. The molecule has 2 unspecified atom stereocenters. The van der Waals surface area contributed by atoms with Crippen molar-refractivity contribution in [3.63, 3.8) is 0 Å². The fourth-order valence-corrected chi connectivity index (χ4v) is 1.83. The number of allylic oxidation sites excluding steroid dienone is 3. The monoisotopic (exact) mass is 183 g/mol. The highest BCUT2D eigenvalue weighted by molar-refractivity contribution is 7.84. The second kappa shape index (κ2) is 4.04. The Morgan fingerprint density at radius 3 is 2.75 bits per heavy atom. The Bertz CT molecular complexity index is 218. The highest BCUT2D eigenvalue weighted by Gasteiger charge is 2.13. The minimum absolute atomic E-state index is 0.707. The van der Waals surface area contributed by atoms with Crippen LogP contribution in [0, 0.1) is 11.8 Å². The van der Waals surface area contributed by atoms with Crippen molar-refractivity contribution in [2.45, 2.75) is 26.7 Å². The molecule has 0 bridgehead atoms. The highest BCUT2D eigenvalue weighted by Crippen LogP contribution is 2.27. The first kappa shape index (κ1) is 9.72. The van der Waals surface area contributed by atoms with Crippen molar-refractivity contribution in [3.05, 3.63) is 22.8 Å². The van der Waals surface area contributed by atoms with Gasteiger partial charge in [-0.1, -0.05) is 19.9 Å². The molecule has 68 valence electrons. The van der Waals surface area contributed by atoms with Gasteiger partial charge in [0.25, 0.3) is 0 Å². The van der Waals surface area contributed by atoms with E-state index in [2.05, 4.69) is 32.6 Å². The van der Waals surface area contributed by atoms with Crippen molar-refractivity contribution in [3.8, 4) is 0 Å². The van der Waals surface area contributed by atoms with E-state index in [4.69, 9.17) is 5.73 Å². The van der Waals surface area contributed by atoms with Crippen LogP contribution in [0.1, 0.15) is 26.7 Å². The van der Waals surface area contributed by atoms with E-state index < -0.39 is 0 Å². The van der Waals surface area contributed by atoms with Crippen molar-refractivity contribution in [1.82, 2.24) is 0 Å². The fourth-order valence-electron chi connectivity index (χ4n) is 1.40. The molecule has 1 rings (SSSR count). The minimum atomic E-state index is 0.707. The smallest absolute Gasteiger partial charge is 0.0281 e. The van der Waals surface area contributed by atoms with E-state index in [-0.39, 0.29) is 0 Å². The van der Waals surface area contributed by atoms with Crippen molar-refractivity contribution in [2.75, 3.05) is 0 Å². The molecule has 1 nitrogen and oxygen atoms in total. The summed E-state index contributed by atoms with van der Waals surface area (Å²) < 4.78 is 0. The van der Waals surface area contributed by atoms with E-state index in [1.165, 1.54) is 0 Å². The Labute approximate surface area is 80.1 Å². The average Bonchev–Trinajstić information content (AvgIpc) is 1.98. The zero-order chi connectivity index (χ0) is 9.14. The van der Waals surface area contributed by atoms with Crippen LogP contribution >= 0.6 is 12.6 Å². The highest BCUT2D eigenvalue weighted by atomic mass is 32.1. The van der Waals surface area contributed by atoms with Gasteiger partial charge in [-0.2, -0.15) is 0 Å². The average molecular weight is 183 g/mol. The van der Waals surface area contributed by atoms with E-state index in [1.54, 1.807) is 0 Å². The Balaban J connectivity index is 2.76. The molecule has 1 aliphatic rings. The molecule has 0 fully saturated rings. The Kier molecular flexibility index (Phi) is 3.27. The Morgan fingerprint density at radius 1 is 1.42 bits per heavy atom. The molecule has 1 aliphatic carbocycles. The van der Waals surface area contributed by atoms with Gasteiger partial charge in [-0.05, 0) is 35.7 Å². The molecule has 12 heavy (non-hydrogen) atoms. The predicted molar refractivity (Wildman–Crippen MR) is 56.9 cm³/mol. The number of thiol groups is 1. The Morgan fingerprint density at radius 2 is 2.08 bits per heavy atom. The molecule has 0 heterocycles. The molecule has 0 saturated heterocycles. The third kappa shape index (κ3) is 2.59. The van der Waals surface area contributed by atoms with Crippen molar-refractivity contribution < 1.29 is 0 Å². The molecule has 0 saturated carbocycles. The van der Waals surface area contributed by atoms with E-state index in [0.29, 0.717) is 11.8 Å². The third-order valence-corrected chi connectivity index (χ3v) is 2.87. The van der Waals surface area contributed by atoms with E-state index in [0.717, 1.165) is 23.4 Å².